The lowest BCUT2D eigenvalue weighted by Gasteiger charge is -2.35. The summed E-state index contributed by atoms with van der Waals surface area (Å²) >= 11 is 0. The van der Waals surface area contributed by atoms with Crippen molar-refractivity contribution in [1.29, 1.82) is 0 Å². The van der Waals surface area contributed by atoms with Crippen LogP contribution >= 0.6 is 0 Å². The van der Waals surface area contributed by atoms with Gasteiger partial charge in [0.2, 0.25) is 0 Å². The summed E-state index contributed by atoms with van der Waals surface area (Å²) in [6.07, 6.45) is -1.04. The van der Waals surface area contributed by atoms with Gasteiger partial charge in [0.05, 0.1) is 5.25 Å². The summed E-state index contributed by atoms with van der Waals surface area (Å²) in [7, 11) is -3.71. The van der Waals surface area contributed by atoms with Crippen molar-refractivity contribution in [1.82, 2.24) is 0 Å². The van der Waals surface area contributed by atoms with Crippen molar-refractivity contribution in [2.45, 2.75) is 57.0 Å². The first kappa shape index (κ1) is 14.2. The van der Waals surface area contributed by atoms with Crippen molar-refractivity contribution in [3.63, 3.8) is 0 Å². The van der Waals surface area contributed by atoms with Crippen LogP contribution in [-0.2, 0) is 23.8 Å². The van der Waals surface area contributed by atoms with E-state index in [2.05, 4.69) is 0 Å². The molecule has 1 saturated heterocycles. The van der Waals surface area contributed by atoms with E-state index in [0.717, 1.165) is 0 Å². The van der Waals surface area contributed by atoms with Gasteiger partial charge in [0.15, 0.2) is 0 Å². The lowest BCUT2D eigenvalue weighted by atomic mass is 9.79. The lowest BCUT2D eigenvalue weighted by molar-refractivity contribution is -0.186. The Morgan fingerprint density at radius 3 is 2.55 bits per heavy atom. The molecule has 2 bridgehead atoms. The van der Waals surface area contributed by atoms with E-state index in [4.69, 9.17) is 8.92 Å². The van der Waals surface area contributed by atoms with Crippen LogP contribution < -0.4 is 0 Å². The molecule has 5 unspecified atom stereocenters. The third-order valence-corrected chi connectivity index (χ3v) is 6.84. The number of ether oxygens (including phenoxy) is 1. The molecule has 20 heavy (non-hydrogen) atoms. The van der Waals surface area contributed by atoms with E-state index in [1.165, 1.54) is 0 Å². The van der Waals surface area contributed by atoms with Crippen molar-refractivity contribution in [2.24, 2.45) is 10.8 Å². The number of hydrogen-bond acceptors (Lipinski definition) is 5. The molecule has 0 aromatic heterocycles. The van der Waals surface area contributed by atoms with Gasteiger partial charge in [0.25, 0.3) is 10.1 Å². The molecule has 5 nitrogen and oxygen atoms in total. The number of hydrogen-bond donors (Lipinski definition) is 0. The van der Waals surface area contributed by atoms with Crippen molar-refractivity contribution in [3.05, 3.63) is 0 Å². The molecule has 3 rings (SSSR count). The standard InChI is InChI=1S/C12H16F2O5S/c1-10-4-6-11(2,5-10)8(19-20(6,16)17)7(10)18-9(15)12(3,13)14/h6-8H,4-5H2,1-3H3. The van der Waals surface area contributed by atoms with Crippen molar-refractivity contribution in [2.75, 3.05) is 0 Å². The van der Waals surface area contributed by atoms with E-state index in [-0.39, 0.29) is 6.42 Å². The molecule has 0 spiro atoms. The molecule has 1 heterocycles. The van der Waals surface area contributed by atoms with Crippen LogP contribution in [0.15, 0.2) is 0 Å². The molecule has 3 aliphatic rings. The second-order valence-electron chi connectivity index (χ2n) is 6.75. The number of rotatable bonds is 2. The van der Waals surface area contributed by atoms with Gasteiger partial charge in [-0.2, -0.15) is 17.2 Å². The maximum atomic E-state index is 13.0. The zero-order valence-electron chi connectivity index (χ0n) is 11.4. The third-order valence-electron chi connectivity index (χ3n) is 4.96. The number of fused-ring (bicyclic) bond motifs is 1. The van der Waals surface area contributed by atoms with Crippen molar-refractivity contribution in [3.8, 4) is 0 Å². The summed E-state index contributed by atoms with van der Waals surface area (Å²) in [4.78, 5) is 11.4. The molecule has 2 saturated carbocycles. The maximum Gasteiger partial charge on any atom is 0.377 e. The summed E-state index contributed by atoms with van der Waals surface area (Å²) in [5, 5.41) is -0.637. The average Bonchev–Trinajstić information content (AvgIpc) is 2.68. The summed E-state index contributed by atoms with van der Waals surface area (Å²) in [6.45, 7) is 3.99. The van der Waals surface area contributed by atoms with E-state index in [9.17, 15) is 22.0 Å². The van der Waals surface area contributed by atoms with Gasteiger partial charge in [0.1, 0.15) is 12.2 Å². The molecule has 5 atom stereocenters. The van der Waals surface area contributed by atoms with Crippen LogP contribution in [0.4, 0.5) is 8.78 Å². The van der Waals surface area contributed by atoms with Crippen molar-refractivity contribution < 1.29 is 30.9 Å². The molecule has 0 aromatic carbocycles. The number of alkyl halides is 2. The zero-order chi connectivity index (χ0) is 15.1. The highest BCUT2D eigenvalue weighted by atomic mass is 32.2. The van der Waals surface area contributed by atoms with Gasteiger partial charge < -0.3 is 4.74 Å². The highest BCUT2D eigenvalue weighted by molar-refractivity contribution is 7.87. The molecule has 3 fully saturated rings. The summed E-state index contributed by atoms with van der Waals surface area (Å²) in [5.74, 6) is -5.24. The Morgan fingerprint density at radius 1 is 1.40 bits per heavy atom. The van der Waals surface area contributed by atoms with Crippen LogP contribution in [0.2, 0.25) is 0 Å². The number of halogens is 2. The molecular formula is C12H16F2O5S. The summed E-state index contributed by atoms with van der Waals surface area (Å²) < 4.78 is 59.9. The third kappa shape index (κ3) is 1.60. The number of carbonyl (C=O) groups excluding carboxylic acids is 1. The Morgan fingerprint density at radius 2 is 2.00 bits per heavy atom. The van der Waals surface area contributed by atoms with Crippen LogP contribution in [0.3, 0.4) is 0 Å². The molecule has 1 aliphatic heterocycles. The molecule has 114 valence electrons. The SMILES string of the molecule is CC(F)(F)C(=O)OC1C2OS(=O)(=O)C3CC1(C)CC23C. The lowest BCUT2D eigenvalue weighted by Crippen LogP contribution is -2.47. The molecule has 2 aliphatic carbocycles. The second kappa shape index (κ2) is 3.52. The van der Waals surface area contributed by atoms with Gasteiger partial charge >= 0.3 is 11.9 Å². The van der Waals surface area contributed by atoms with Gasteiger partial charge in [0, 0.05) is 17.8 Å². The first-order chi connectivity index (χ1) is 8.90. The Balaban J connectivity index is 1.95. The maximum absolute atomic E-state index is 13.0. The predicted molar refractivity (Wildman–Crippen MR) is 63.5 cm³/mol. The minimum absolute atomic E-state index is 0.273. The van der Waals surface area contributed by atoms with Crippen LogP contribution in [0.25, 0.3) is 0 Å². The van der Waals surface area contributed by atoms with Crippen LogP contribution in [-0.4, -0.2) is 37.8 Å². The van der Waals surface area contributed by atoms with Gasteiger partial charge in [-0.25, -0.2) is 4.79 Å². The van der Waals surface area contributed by atoms with Gasteiger partial charge in [-0.05, 0) is 12.8 Å². The number of carbonyl (C=O) groups is 1. The molecular weight excluding hydrogens is 294 g/mol. The molecule has 0 amide bonds. The normalized spacial score (nSPS) is 48.5. The fraction of sp³-hybridized carbons (Fsp3) is 0.917. The molecule has 0 N–H and O–H groups in total. The van der Waals surface area contributed by atoms with Crippen LogP contribution in [0, 0.1) is 10.8 Å². The smallest absolute Gasteiger partial charge is 0.377 e. The fourth-order valence-corrected chi connectivity index (χ4v) is 6.36. The van der Waals surface area contributed by atoms with Crippen molar-refractivity contribution >= 4 is 16.1 Å². The van der Waals surface area contributed by atoms with E-state index >= 15 is 0 Å². The van der Waals surface area contributed by atoms with E-state index < -0.39 is 50.3 Å². The Labute approximate surface area is 115 Å². The van der Waals surface area contributed by atoms with E-state index in [1.807, 2.05) is 0 Å². The highest BCUT2D eigenvalue weighted by Gasteiger charge is 2.76. The minimum atomic E-state index is -3.71. The van der Waals surface area contributed by atoms with Gasteiger partial charge in [-0.1, -0.05) is 13.8 Å². The topological polar surface area (TPSA) is 69.7 Å². The van der Waals surface area contributed by atoms with E-state index in [1.54, 1.807) is 13.8 Å². The van der Waals surface area contributed by atoms with Gasteiger partial charge in [-0.3, -0.25) is 4.18 Å². The highest BCUT2D eigenvalue weighted by Crippen LogP contribution is 2.68. The van der Waals surface area contributed by atoms with Crippen LogP contribution in [0.1, 0.15) is 33.6 Å². The zero-order valence-corrected chi connectivity index (χ0v) is 12.2. The minimum Gasteiger partial charge on any atom is -0.455 e. The largest absolute Gasteiger partial charge is 0.455 e. The van der Waals surface area contributed by atoms with E-state index in [0.29, 0.717) is 13.3 Å². The quantitative estimate of drug-likeness (QED) is 0.570. The monoisotopic (exact) mass is 310 g/mol. The van der Waals surface area contributed by atoms with Gasteiger partial charge in [-0.15, -0.1) is 0 Å². The molecule has 8 heteroatoms. The molecule has 0 radical (unpaired) electrons. The Hall–Kier alpha value is -0.760. The summed E-state index contributed by atoms with van der Waals surface area (Å²) in [6, 6.07) is 0. The fourth-order valence-electron chi connectivity index (χ4n) is 4.15. The predicted octanol–water partition coefficient (Wildman–Crippen LogP) is 1.47. The Bertz CT molecular complexity index is 583. The first-order valence-electron chi connectivity index (χ1n) is 6.41. The Kier molecular flexibility index (Phi) is 2.50. The van der Waals surface area contributed by atoms with Crippen LogP contribution in [0.5, 0.6) is 0 Å². The molecule has 0 aromatic rings. The second-order valence-corrected chi connectivity index (χ2v) is 8.50. The average molecular weight is 310 g/mol. The first-order valence-corrected chi connectivity index (χ1v) is 7.88. The number of esters is 1. The summed E-state index contributed by atoms with van der Waals surface area (Å²) in [5.41, 5.74) is -1.30.